The van der Waals surface area contributed by atoms with Crippen molar-refractivity contribution >= 4 is 21.2 Å². The average Bonchev–Trinajstić information content (AvgIpc) is 2.30. The molecular formula is C6H10N2O2S2. The first-order chi connectivity index (χ1) is 5.41. The van der Waals surface area contributed by atoms with Crippen LogP contribution in [0.2, 0.25) is 0 Å². The summed E-state index contributed by atoms with van der Waals surface area (Å²) < 4.78 is 22.1. The molecule has 1 rings (SSSR count). The quantitative estimate of drug-likeness (QED) is 0.726. The summed E-state index contributed by atoms with van der Waals surface area (Å²) in [5, 5.41) is 8.12. The molecule has 6 heteroatoms. The fraction of sp³-hybridized carbons (Fsp3) is 0.667. The summed E-state index contributed by atoms with van der Waals surface area (Å²) in [6.07, 6.45) is 1.14. The molecular weight excluding hydrogens is 196 g/mol. The summed E-state index contributed by atoms with van der Waals surface area (Å²) in [5.41, 5.74) is 0. The molecule has 0 aliphatic heterocycles. The maximum absolute atomic E-state index is 11.0. The minimum atomic E-state index is -3.17. The minimum Gasteiger partial charge on any atom is -0.221 e. The van der Waals surface area contributed by atoms with Gasteiger partial charge in [0.1, 0.15) is 5.01 Å². The van der Waals surface area contributed by atoms with Gasteiger partial charge in [-0.15, -0.1) is 10.2 Å². The Morgan fingerprint density at radius 2 is 1.92 bits per heavy atom. The normalized spacial score (nSPS) is 12.3. The molecule has 1 heterocycles. The number of aromatic nitrogens is 2. The molecule has 0 saturated heterocycles. The second-order valence-electron chi connectivity index (χ2n) is 2.83. The van der Waals surface area contributed by atoms with Crippen LogP contribution in [0.4, 0.5) is 0 Å². The van der Waals surface area contributed by atoms with E-state index in [2.05, 4.69) is 10.2 Å². The monoisotopic (exact) mass is 206 g/mol. The van der Waals surface area contributed by atoms with E-state index in [9.17, 15) is 8.42 Å². The fourth-order valence-electron chi connectivity index (χ4n) is 0.604. The lowest BCUT2D eigenvalue weighted by atomic mass is 10.2. The number of hydrogen-bond acceptors (Lipinski definition) is 5. The third-order valence-corrected chi connectivity index (χ3v) is 4.13. The van der Waals surface area contributed by atoms with E-state index in [1.807, 2.05) is 13.8 Å². The number of rotatable bonds is 2. The minimum absolute atomic E-state index is 0.103. The highest BCUT2D eigenvalue weighted by Gasteiger charge is 2.15. The first-order valence-electron chi connectivity index (χ1n) is 3.44. The van der Waals surface area contributed by atoms with E-state index in [0.29, 0.717) is 0 Å². The molecule has 0 fully saturated rings. The summed E-state index contributed by atoms with van der Waals surface area (Å²) in [5.74, 6) is 0.234. The van der Waals surface area contributed by atoms with Crippen LogP contribution in [0, 0.1) is 0 Å². The predicted molar refractivity (Wildman–Crippen MR) is 47.1 cm³/mol. The third-order valence-electron chi connectivity index (χ3n) is 1.23. The van der Waals surface area contributed by atoms with Crippen molar-refractivity contribution < 1.29 is 8.42 Å². The van der Waals surface area contributed by atoms with E-state index >= 15 is 0 Å². The van der Waals surface area contributed by atoms with Gasteiger partial charge in [0.2, 0.25) is 14.2 Å². The van der Waals surface area contributed by atoms with Crippen molar-refractivity contribution in [1.82, 2.24) is 10.2 Å². The van der Waals surface area contributed by atoms with Crippen molar-refractivity contribution in [3.8, 4) is 0 Å². The van der Waals surface area contributed by atoms with Crippen LogP contribution in [-0.4, -0.2) is 24.9 Å². The maximum atomic E-state index is 11.0. The third kappa shape index (κ3) is 2.01. The Balaban J connectivity index is 3.09. The van der Waals surface area contributed by atoms with Crippen LogP contribution in [0.5, 0.6) is 0 Å². The summed E-state index contributed by atoms with van der Waals surface area (Å²) in [6.45, 7) is 3.90. The van der Waals surface area contributed by atoms with E-state index in [0.717, 1.165) is 22.6 Å². The second-order valence-corrected chi connectivity index (χ2v) is 6.03. The van der Waals surface area contributed by atoms with E-state index in [1.54, 1.807) is 0 Å². The van der Waals surface area contributed by atoms with Crippen LogP contribution in [0.15, 0.2) is 4.34 Å². The SMILES string of the molecule is CC(C)c1nnc(S(C)(=O)=O)s1. The highest BCUT2D eigenvalue weighted by atomic mass is 32.2. The molecule has 0 radical (unpaired) electrons. The zero-order chi connectivity index (χ0) is 9.35. The van der Waals surface area contributed by atoms with E-state index in [-0.39, 0.29) is 10.3 Å². The summed E-state index contributed by atoms with van der Waals surface area (Å²) in [6, 6.07) is 0. The molecule has 0 aliphatic carbocycles. The Hall–Kier alpha value is -0.490. The van der Waals surface area contributed by atoms with Crippen molar-refractivity contribution in [1.29, 1.82) is 0 Å². The Kier molecular flexibility index (Phi) is 2.48. The molecule has 0 amide bonds. The lowest BCUT2D eigenvalue weighted by molar-refractivity contribution is 0.599. The van der Waals surface area contributed by atoms with Gasteiger partial charge >= 0.3 is 0 Å². The maximum Gasteiger partial charge on any atom is 0.232 e. The van der Waals surface area contributed by atoms with Crippen molar-refractivity contribution in [2.45, 2.75) is 24.1 Å². The van der Waals surface area contributed by atoms with Gasteiger partial charge in [0, 0.05) is 12.2 Å². The van der Waals surface area contributed by atoms with Gasteiger partial charge < -0.3 is 0 Å². The van der Waals surface area contributed by atoms with E-state index < -0.39 is 9.84 Å². The van der Waals surface area contributed by atoms with Gasteiger partial charge in [-0.25, -0.2) is 8.42 Å². The molecule has 0 N–H and O–H groups in total. The first kappa shape index (κ1) is 9.60. The molecule has 0 spiro atoms. The highest BCUT2D eigenvalue weighted by molar-refractivity contribution is 7.92. The van der Waals surface area contributed by atoms with Crippen molar-refractivity contribution in [2.75, 3.05) is 6.26 Å². The Labute approximate surface area is 75.6 Å². The highest BCUT2D eigenvalue weighted by Crippen LogP contribution is 2.21. The van der Waals surface area contributed by atoms with E-state index in [1.165, 1.54) is 0 Å². The van der Waals surface area contributed by atoms with Gasteiger partial charge in [-0.2, -0.15) is 0 Å². The van der Waals surface area contributed by atoms with Crippen LogP contribution in [0.25, 0.3) is 0 Å². The molecule has 1 aromatic heterocycles. The molecule has 0 unspecified atom stereocenters. The standard InChI is InChI=1S/C6H10N2O2S2/c1-4(2)5-7-8-6(11-5)12(3,9)10/h4H,1-3H3. The summed E-state index contributed by atoms with van der Waals surface area (Å²) in [7, 11) is -3.17. The molecule has 12 heavy (non-hydrogen) atoms. The van der Waals surface area contributed by atoms with Crippen LogP contribution in [0.3, 0.4) is 0 Å². The molecule has 0 aromatic carbocycles. The number of sulfone groups is 1. The lowest BCUT2D eigenvalue weighted by Gasteiger charge is -1.93. The summed E-state index contributed by atoms with van der Waals surface area (Å²) in [4.78, 5) is 0. The van der Waals surface area contributed by atoms with E-state index in [4.69, 9.17) is 0 Å². The summed E-state index contributed by atoms with van der Waals surface area (Å²) >= 11 is 1.14. The zero-order valence-corrected chi connectivity index (χ0v) is 8.74. The number of hydrogen-bond donors (Lipinski definition) is 0. The molecule has 1 aromatic rings. The Bertz CT molecular complexity index is 367. The Morgan fingerprint density at radius 3 is 2.17 bits per heavy atom. The number of nitrogens with zero attached hydrogens (tertiary/aromatic N) is 2. The van der Waals surface area contributed by atoms with Gasteiger partial charge in [0.05, 0.1) is 0 Å². The topological polar surface area (TPSA) is 59.9 Å². The average molecular weight is 206 g/mol. The first-order valence-corrected chi connectivity index (χ1v) is 6.15. The fourth-order valence-corrected chi connectivity index (χ4v) is 2.23. The smallest absolute Gasteiger partial charge is 0.221 e. The molecule has 0 aliphatic rings. The lowest BCUT2D eigenvalue weighted by Crippen LogP contribution is -1.95. The molecule has 0 bridgehead atoms. The van der Waals surface area contributed by atoms with Gasteiger partial charge in [0.25, 0.3) is 0 Å². The predicted octanol–water partition coefficient (Wildman–Crippen LogP) is 1.06. The van der Waals surface area contributed by atoms with Gasteiger partial charge in [0.15, 0.2) is 0 Å². The van der Waals surface area contributed by atoms with Crippen molar-refractivity contribution in [2.24, 2.45) is 0 Å². The zero-order valence-electron chi connectivity index (χ0n) is 7.10. The molecule has 0 saturated carbocycles. The van der Waals surface area contributed by atoms with Gasteiger partial charge in [-0.05, 0) is 0 Å². The van der Waals surface area contributed by atoms with Crippen molar-refractivity contribution in [3.05, 3.63) is 5.01 Å². The Morgan fingerprint density at radius 1 is 1.33 bits per heavy atom. The van der Waals surface area contributed by atoms with Crippen LogP contribution >= 0.6 is 11.3 Å². The van der Waals surface area contributed by atoms with Gasteiger partial charge in [-0.1, -0.05) is 25.2 Å². The van der Waals surface area contributed by atoms with Crippen LogP contribution < -0.4 is 0 Å². The van der Waals surface area contributed by atoms with Crippen LogP contribution in [0.1, 0.15) is 24.8 Å². The largest absolute Gasteiger partial charge is 0.232 e. The van der Waals surface area contributed by atoms with Gasteiger partial charge in [-0.3, -0.25) is 0 Å². The van der Waals surface area contributed by atoms with Crippen LogP contribution in [-0.2, 0) is 9.84 Å². The van der Waals surface area contributed by atoms with Crippen molar-refractivity contribution in [3.63, 3.8) is 0 Å². The molecule has 68 valence electrons. The molecule has 4 nitrogen and oxygen atoms in total. The molecule has 0 atom stereocenters. The second kappa shape index (κ2) is 3.10.